The lowest BCUT2D eigenvalue weighted by Gasteiger charge is -2.30. The first-order chi connectivity index (χ1) is 15.3. The lowest BCUT2D eigenvalue weighted by atomic mass is 9.97. The normalized spacial score (nSPS) is 18.3. The molecule has 7 rings (SSSR count). The largest absolute Gasteiger partial charge is 0.347 e. The van der Waals surface area contributed by atoms with Crippen LogP contribution in [0.25, 0.3) is 21.6 Å². The number of benzene rings is 1. The zero-order chi connectivity index (χ0) is 20.4. The lowest BCUT2D eigenvalue weighted by molar-refractivity contribution is 0.560. The Labute approximate surface area is 185 Å². The second kappa shape index (κ2) is 6.85. The van der Waals surface area contributed by atoms with Crippen LogP contribution < -0.4 is 4.90 Å². The predicted octanol–water partition coefficient (Wildman–Crippen LogP) is 4.73. The Morgan fingerprint density at radius 2 is 1.81 bits per heavy atom. The Morgan fingerprint density at radius 3 is 2.68 bits per heavy atom. The maximum Gasteiger partial charge on any atom is 0.164 e. The third kappa shape index (κ3) is 2.90. The number of aryl methyl sites for hydroxylation is 2. The number of thiophene rings is 1. The fraction of sp³-hybridized carbons (Fsp3) is 0.417. The molecular weight excluding hydrogens is 404 g/mol. The Bertz CT molecular complexity index is 1290. The second-order valence-electron chi connectivity index (χ2n) is 8.95. The van der Waals surface area contributed by atoms with Gasteiger partial charge in [0, 0.05) is 29.4 Å². The molecule has 0 spiro atoms. The summed E-state index contributed by atoms with van der Waals surface area (Å²) in [5.74, 6) is 4.74. The Kier molecular flexibility index (Phi) is 3.94. The summed E-state index contributed by atoms with van der Waals surface area (Å²) in [5, 5.41) is 10.4. The molecule has 4 aromatic rings. The fourth-order valence-corrected chi connectivity index (χ4v) is 6.31. The quantitative estimate of drug-likeness (QED) is 0.472. The van der Waals surface area contributed by atoms with Crippen molar-refractivity contribution in [3.63, 3.8) is 0 Å². The molecule has 1 saturated carbocycles. The van der Waals surface area contributed by atoms with Crippen LogP contribution in [0.15, 0.2) is 30.3 Å². The van der Waals surface area contributed by atoms with Crippen LogP contribution in [-0.4, -0.2) is 31.3 Å². The van der Waals surface area contributed by atoms with Crippen molar-refractivity contribution < 1.29 is 0 Å². The smallest absolute Gasteiger partial charge is 0.164 e. The molecule has 7 heteroatoms. The minimum atomic E-state index is 0.556. The van der Waals surface area contributed by atoms with Crippen LogP contribution >= 0.6 is 11.3 Å². The number of hydrogen-bond acceptors (Lipinski definition) is 6. The molecule has 3 aliphatic rings. The van der Waals surface area contributed by atoms with Crippen LogP contribution in [0.3, 0.4) is 0 Å². The lowest BCUT2D eigenvalue weighted by Crippen LogP contribution is -2.35. The van der Waals surface area contributed by atoms with Crippen LogP contribution in [0.4, 0.5) is 5.82 Å². The highest BCUT2D eigenvalue weighted by Crippen LogP contribution is 2.44. The van der Waals surface area contributed by atoms with E-state index in [9.17, 15) is 0 Å². The van der Waals surface area contributed by atoms with Gasteiger partial charge >= 0.3 is 0 Å². The van der Waals surface area contributed by atoms with Gasteiger partial charge in [0.2, 0.25) is 0 Å². The second-order valence-corrected chi connectivity index (χ2v) is 10.0. The van der Waals surface area contributed by atoms with Crippen LogP contribution in [0, 0.1) is 0 Å². The van der Waals surface area contributed by atoms with Crippen LogP contribution in [0.5, 0.6) is 0 Å². The summed E-state index contributed by atoms with van der Waals surface area (Å²) in [6.45, 7) is 2.55. The molecule has 4 heterocycles. The van der Waals surface area contributed by atoms with Crippen molar-refractivity contribution in [1.29, 1.82) is 0 Å². The van der Waals surface area contributed by atoms with Gasteiger partial charge in [-0.05, 0) is 44.1 Å². The van der Waals surface area contributed by atoms with Crippen molar-refractivity contribution in [3.05, 3.63) is 52.4 Å². The highest BCUT2D eigenvalue weighted by molar-refractivity contribution is 7.19. The van der Waals surface area contributed by atoms with E-state index in [1.165, 1.54) is 52.8 Å². The molecule has 1 aromatic carbocycles. The maximum atomic E-state index is 5.17. The summed E-state index contributed by atoms with van der Waals surface area (Å²) in [7, 11) is 0. The summed E-state index contributed by atoms with van der Waals surface area (Å²) < 4.78 is 2.27. The number of nitrogens with zero attached hydrogens (tertiary/aromatic N) is 6. The van der Waals surface area contributed by atoms with Crippen LogP contribution in [0.1, 0.15) is 53.7 Å². The third-order valence-electron chi connectivity index (χ3n) is 6.84. The zero-order valence-corrected chi connectivity index (χ0v) is 18.2. The Balaban J connectivity index is 1.32. The first-order valence-corrected chi connectivity index (χ1v) is 12.2. The van der Waals surface area contributed by atoms with E-state index >= 15 is 0 Å². The minimum Gasteiger partial charge on any atom is -0.347 e. The van der Waals surface area contributed by atoms with Gasteiger partial charge in [0.15, 0.2) is 11.6 Å². The Morgan fingerprint density at radius 1 is 0.935 bits per heavy atom. The predicted molar refractivity (Wildman–Crippen MR) is 123 cm³/mol. The molecule has 0 N–H and O–H groups in total. The van der Waals surface area contributed by atoms with Gasteiger partial charge in [-0.25, -0.2) is 9.97 Å². The van der Waals surface area contributed by atoms with Gasteiger partial charge in [-0.15, -0.1) is 21.5 Å². The fourth-order valence-electron chi connectivity index (χ4n) is 5.05. The van der Waals surface area contributed by atoms with E-state index in [4.69, 9.17) is 9.97 Å². The van der Waals surface area contributed by atoms with Gasteiger partial charge in [-0.1, -0.05) is 30.3 Å². The molecule has 3 aromatic heterocycles. The van der Waals surface area contributed by atoms with E-state index in [2.05, 4.69) is 43.9 Å². The van der Waals surface area contributed by atoms with Crippen LogP contribution in [0.2, 0.25) is 0 Å². The number of rotatable bonds is 3. The van der Waals surface area contributed by atoms with Crippen molar-refractivity contribution in [2.24, 2.45) is 0 Å². The molecule has 0 bridgehead atoms. The highest BCUT2D eigenvalue weighted by atomic mass is 32.1. The maximum absolute atomic E-state index is 5.17. The molecule has 1 fully saturated rings. The van der Waals surface area contributed by atoms with E-state index in [0.29, 0.717) is 5.92 Å². The topological polar surface area (TPSA) is 59.7 Å². The van der Waals surface area contributed by atoms with Crippen molar-refractivity contribution in [2.75, 3.05) is 11.4 Å². The molecule has 0 amide bonds. The summed E-state index contributed by atoms with van der Waals surface area (Å²) >= 11 is 1.91. The summed E-state index contributed by atoms with van der Waals surface area (Å²) in [5.41, 5.74) is 2.64. The standard InChI is InChI=1S/C24H24N6S/c1-2-6-16(7-3-1)22-28-27-19-14-29(12-13-30(19)22)23-20-17-8-4-5-9-18(17)31-24(20)26-21(25-23)15-10-11-15/h1-3,6-7,15H,4-5,8-14H2. The molecule has 31 heavy (non-hydrogen) atoms. The number of fused-ring (bicyclic) bond motifs is 4. The van der Waals surface area contributed by atoms with Crippen molar-refractivity contribution in [3.8, 4) is 11.4 Å². The zero-order valence-electron chi connectivity index (χ0n) is 17.4. The van der Waals surface area contributed by atoms with Gasteiger partial charge in [-0.2, -0.15) is 0 Å². The molecule has 0 unspecified atom stereocenters. The van der Waals surface area contributed by atoms with Gasteiger partial charge in [0.25, 0.3) is 0 Å². The average Bonchev–Trinajstić information content (AvgIpc) is 3.48. The van der Waals surface area contributed by atoms with E-state index in [1.54, 1.807) is 0 Å². The summed E-state index contributed by atoms with van der Waals surface area (Å²) in [4.78, 5) is 15.4. The Hall–Kier alpha value is -2.80. The van der Waals surface area contributed by atoms with E-state index in [0.717, 1.165) is 54.9 Å². The van der Waals surface area contributed by atoms with Crippen molar-refractivity contribution in [1.82, 2.24) is 24.7 Å². The number of hydrogen-bond donors (Lipinski definition) is 0. The monoisotopic (exact) mass is 428 g/mol. The highest BCUT2D eigenvalue weighted by Gasteiger charge is 2.32. The molecule has 0 atom stereocenters. The first-order valence-electron chi connectivity index (χ1n) is 11.4. The molecule has 2 aliphatic carbocycles. The molecule has 0 radical (unpaired) electrons. The molecule has 156 valence electrons. The van der Waals surface area contributed by atoms with Gasteiger partial charge in [0.05, 0.1) is 11.9 Å². The number of aromatic nitrogens is 5. The average molecular weight is 429 g/mol. The van der Waals surface area contributed by atoms with Gasteiger partial charge in [0.1, 0.15) is 16.5 Å². The molecule has 6 nitrogen and oxygen atoms in total. The van der Waals surface area contributed by atoms with Crippen molar-refractivity contribution >= 4 is 27.4 Å². The molecular formula is C24H24N6S. The molecule has 1 aliphatic heterocycles. The van der Waals surface area contributed by atoms with Crippen molar-refractivity contribution in [2.45, 2.75) is 57.5 Å². The first kappa shape index (κ1) is 17.8. The third-order valence-corrected chi connectivity index (χ3v) is 8.03. The van der Waals surface area contributed by atoms with E-state index in [-0.39, 0.29) is 0 Å². The van der Waals surface area contributed by atoms with Crippen LogP contribution in [-0.2, 0) is 25.9 Å². The van der Waals surface area contributed by atoms with Gasteiger partial charge < -0.3 is 9.47 Å². The SMILES string of the molecule is c1ccc(-c2nnc3n2CCN(c2nc(C4CC4)nc4sc5c(c24)CCCC5)C3)cc1. The summed E-state index contributed by atoms with van der Waals surface area (Å²) in [6, 6.07) is 10.4. The summed E-state index contributed by atoms with van der Waals surface area (Å²) in [6.07, 6.45) is 7.39. The number of anilines is 1. The molecule has 0 saturated heterocycles. The minimum absolute atomic E-state index is 0.556. The van der Waals surface area contributed by atoms with E-state index < -0.39 is 0 Å². The van der Waals surface area contributed by atoms with E-state index in [1.807, 2.05) is 17.4 Å². The van der Waals surface area contributed by atoms with Gasteiger partial charge in [-0.3, -0.25) is 0 Å².